The van der Waals surface area contributed by atoms with Crippen LogP contribution in [0.25, 0.3) is 5.76 Å². The molecule has 1 fully saturated rings. The van der Waals surface area contributed by atoms with Gasteiger partial charge in [0.1, 0.15) is 29.1 Å². The summed E-state index contributed by atoms with van der Waals surface area (Å²) < 4.78 is 34.8. The van der Waals surface area contributed by atoms with Crippen LogP contribution in [0.1, 0.15) is 42.5 Å². The number of hydrogen-bond acceptors (Lipinski definition) is 7. The van der Waals surface area contributed by atoms with Crippen molar-refractivity contribution in [2.75, 3.05) is 4.90 Å². The molecule has 2 aromatic carbocycles. The van der Waals surface area contributed by atoms with Crippen molar-refractivity contribution in [2.24, 2.45) is 5.14 Å². The highest BCUT2D eigenvalue weighted by Gasteiger charge is 2.48. The number of rotatable bonds is 6. The zero-order chi connectivity index (χ0) is 26.4. The second-order valence-corrected chi connectivity index (χ2v) is 10.4. The van der Waals surface area contributed by atoms with Crippen LogP contribution in [0.15, 0.2) is 69.5 Å². The van der Waals surface area contributed by atoms with E-state index >= 15 is 0 Å². The molecule has 0 bridgehead atoms. The van der Waals surface area contributed by atoms with Crippen LogP contribution in [0.4, 0.5) is 5.69 Å². The summed E-state index contributed by atoms with van der Waals surface area (Å²) in [5.74, 6) is -0.713. The molecule has 1 aliphatic rings. The van der Waals surface area contributed by atoms with Crippen LogP contribution in [0.5, 0.6) is 5.75 Å². The van der Waals surface area contributed by atoms with Gasteiger partial charge >= 0.3 is 0 Å². The molecule has 3 N–H and O–H groups in total. The number of carbonyl (C=O) groups excluding carboxylic acids is 2. The summed E-state index contributed by atoms with van der Waals surface area (Å²) in [6.45, 7) is 7.33. The van der Waals surface area contributed by atoms with Crippen molar-refractivity contribution >= 4 is 33.2 Å². The SMILES string of the molecule is Cc1ccc(C2/C(=C(/O)c3ccc(OC(C)C)c(C)c3)C(=O)C(=O)N2c2ccc(S(N)(=O)=O)cc2)o1. The molecular formula is C26H26N2O7S. The van der Waals surface area contributed by atoms with E-state index in [0.717, 1.165) is 5.56 Å². The van der Waals surface area contributed by atoms with Crippen LogP contribution in [-0.2, 0) is 19.6 Å². The van der Waals surface area contributed by atoms with E-state index in [9.17, 15) is 23.1 Å². The molecule has 1 atom stereocenters. The Morgan fingerprint density at radius 1 is 1.06 bits per heavy atom. The van der Waals surface area contributed by atoms with Crippen LogP contribution in [0.3, 0.4) is 0 Å². The first-order chi connectivity index (χ1) is 16.9. The molecule has 3 aromatic rings. The quantitative estimate of drug-likeness (QED) is 0.291. The lowest BCUT2D eigenvalue weighted by Crippen LogP contribution is -2.29. The summed E-state index contributed by atoms with van der Waals surface area (Å²) in [5, 5.41) is 16.4. The number of ether oxygens (including phenoxy) is 1. The van der Waals surface area contributed by atoms with Crippen LogP contribution < -0.4 is 14.8 Å². The van der Waals surface area contributed by atoms with Gasteiger partial charge in [0.05, 0.1) is 16.6 Å². The van der Waals surface area contributed by atoms with Gasteiger partial charge in [-0.15, -0.1) is 0 Å². The molecule has 0 spiro atoms. The minimum absolute atomic E-state index is 0.0451. The number of aliphatic hydroxyl groups excluding tert-OH is 1. The molecule has 1 saturated heterocycles. The van der Waals surface area contributed by atoms with Gasteiger partial charge in [0.15, 0.2) is 0 Å². The minimum Gasteiger partial charge on any atom is -0.507 e. The third-order valence-electron chi connectivity index (χ3n) is 5.73. The molecule has 4 rings (SSSR count). The van der Waals surface area contributed by atoms with Gasteiger partial charge in [-0.05, 0) is 87.9 Å². The number of hydrogen-bond donors (Lipinski definition) is 2. The number of nitrogens with two attached hydrogens (primary N) is 1. The van der Waals surface area contributed by atoms with Gasteiger partial charge in [-0.1, -0.05) is 0 Å². The van der Waals surface area contributed by atoms with E-state index in [1.807, 2.05) is 20.8 Å². The normalized spacial score (nSPS) is 17.7. The van der Waals surface area contributed by atoms with Gasteiger partial charge in [0.2, 0.25) is 10.0 Å². The molecular weight excluding hydrogens is 484 g/mol. The Kier molecular flexibility index (Phi) is 6.50. The van der Waals surface area contributed by atoms with Gasteiger partial charge in [-0.2, -0.15) is 0 Å². The van der Waals surface area contributed by atoms with Gasteiger partial charge in [-0.25, -0.2) is 13.6 Å². The highest BCUT2D eigenvalue weighted by molar-refractivity contribution is 7.89. The summed E-state index contributed by atoms with van der Waals surface area (Å²) in [7, 11) is -3.95. The summed E-state index contributed by atoms with van der Waals surface area (Å²) in [5.41, 5.74) is 1.16. The second-order valence-electron chi connectivity index (χ2n) is 8.80. The Bertz CT molecular complexity index is 1480. The van der Waals surface area contributed by atoms with E-state index in [1.165, 1.54) is 29.2 Å². The Morgan fingerprint density at radius 3 is 2.25 bits per heavy atom. The molecule has 0 saturated carbocycles. The molecule has 2 heterocycles. The van der Waals surface area contributed by atoms with Crippen molar-refractivity contribution < 1.29 is 32.3 Å². The number of benzene rings is 2. The van der Waals surface area contributed by atoms with Crippen LogP contribution in [0, 0.1) is 13.8 Å². The Hall–Kier alpha value is -3.89. The number of anilines is 1. The molecule has 0 aliphatic carbocycles. The maximum Gasteiger partial charge on any atom is 0.300 e. The molecule has 9 nitrogen and oxygen atoms in total. The maximum atomic E-state index is 13.2. The number of Topliss-reactive ketones (excluding diaryl/α,β-unsaturated/α-hetero) is 1. The van der Waals surface area contributed by atoms with E-state index in [0.29, 0.717) is 17.1 Å². The number of ketones is 1. The number of aliphatic hydroxyl groups is 1. The molecule has 1 amide bonds. The highest BCUT2D eigenvalue weighted by atomic mass is 32.2. The van der Waals surface area contributed by atoms with E-state index in [2.05, 4.69) is 0 Å². The van der Waals surface area contributed by atoms with Gasteiger partial charge in [-0.3, -0.25) is 14.5 Å². The predicted octanol–water partition coefficient (Wildman–Crippen LogP) is 3.96. The van der Waals surface area contributed by atoms with E-state index < -0.39 is 27.8 Å². The number of nitrogens with zero attached hydrogens (tertiary/aromatic N) is 1. The number of furan rings is 1. The Labute approximate surface area is 208 Å². The third kappa shape index (κ3) is 4.65. The largest absolute Gasteiger partial charge is 0.507 e. The molecule has 1 aromatic heterocycles. The molecule has 10 heteroatoms. The molecule has 0 radical (unpaired) electrons. The van der Waals surface area contributed by atoms with Crippen molar-refractivity contribution in [3.63, 3.8) is 0 Å². The number of carbonyl (C=O) groups is 2. The average molecular weight is 511 g/mol. The van der Waals surface area contributed by atoms with E-state index in [4.69, 9.17) is 14.3 Å². The number of aryl methyl sites for hydroxylation is 2. The first-order valence-electron chi connectivity index (χ1n) is 11.2. The van der Waals surface area contributed by atoms with Crippen molar-refractivity contribution in [1.29, 1.82) is 0 Å². The second kappa shape index (κ2) is 9.29. The Balaban J connectivity index is 1.86. The molecule has 1 aliphatic heterocycles. The lowest BCUT2D eigenvalue weighted by molar-refractivity contribution is -0.132. The maximum absolute atomic E-state index is 13.2. The average Bonchev–Trinajstić information content (AvgIpc) is 3.34. The fourth-order valence-electron chi connectivity index (χ4n) is 4.10. The van der Waals surface area contributed by atoms with E-state index in [-0.39, 0.29) is 33.8 Å². The number of amides is 1. The summed E-state index contributed by atoms with van der Waals surface area (Å²) in [6, 6.07) is 12.4. The standard InChI is InChI=1S/C26H26N2O7S/c1-14(2)34-20-12-6-17(13-15(20)3)24(29)22-23(21-11-5-16(4)35-21)28(26(31)25(22)30)18-7-9-19(10-8-18)36(27,32)33/h5-14,23,29H,1-4H3,(H2,27,32,33)/b24-22-. The number of sulfonamides is 1. The van der Waals surface area contributed by atoms with E-state index in [1.54, 1.807) is 37.3 Å². The van der Waals surface area contributed by atoms with Crippen molar-refractivity contribution in [2.45, 2.75) is 44.7 Å². The fourth-order valence-corrected chi connectivity index (χ4v) is 4.62. The van der Waals surface area contributed by atoms with Gasteiger partial charge in [0.25, 0.3) is 11.7 Å². The molecule has 1 unspecified atom stereocenters. The number of primary sulfonamides is 1. The lowest BCUT2D eigenvalue weighted by atomic mass is 9.98. The zero-order valence-electron chi connectivity index (χ0n) is 20.2. The van der Waals surface area contributed by atoms with Crippen LogP contribution in [0.2, 0.25) is 0 Å². The monoisotopic (exact) mass is 510 g/mol. The summed E-state index contributed by atoms with van der Waals surface area (Å²) in [4.78, 5) is 27.4. The molecule has 36 heavy (non-hydrogen) atoms. The van der Waals surface area contributed by atoms with Crippen molar-refractivity contribution in [3.05, 3.63) is 82.8 Å². The first kappa shape index (κ1) is 25.2. The first-order valence-corrected chi connectivity index (χ1v) is 12.7. The summed E-state index contributed by atoms with van der Waals surface area (Å²) >= 11 is 0. The minimum atomic E-state index is -3.95. The van der Waals surface area contributed by atoms with Crippen LogP contribution >= 0.6 is 0 Å². The fraction of sp³-hybridized carbons (Fsp3) is 0.231. The Morgan fingerprint density at radius 2 is 1.72 bits per heavy atom. The third-order valence-corrected chi connectivity index (χ3v) is 6.66. The van der Waals surface area contributed by atoms with Gasteiger partial charge < -0.3 is 14.3 Å². The lowest BCUT2D eigenvalue weighted by Gasteiger charge is -2.23. The van der Waals surface area contributed by atoms with Crippen LogP contribution in [-0.4, -0.2) is 31.3 Å². The molecule has 188 valence electrons. The summed E-state index contributed by atoms with van der Waals surface area (Å²) in [6.07, 6.45) is -0.0451. The predicted molar refractivity (Wildman–Crippen MR) is 133 cm³/mol. The van der Waals surface area contributed by atoms with Gasteiger partial charge in [0, 0.05) is 11.3 Å². The topological polar surface area (TPSA) is 140 Å². The smallest absolute Gasteiger partial charge is 0.300 e. The van der Waals surface area contributed by atoms with Crippen molar-refractivity contribution in [3.8, 4) is 5.75 Å². The zero-order valence-corrected chi connectivity index (χ0v) is 21.0. The highest BCUT2D eigenvalue weighted by Crippen LogP contribution is 2.43. The van der Waals surface area contributed by atoms with Crippen molar-refractivity contribution in [1.82, 2.24) is 0 Å².